The van der Waals surface area contributed by atoms with E-state index in [1.54, 1.807) is 7.05 Å². The normalized spacial score (nSPS) is 13.1. The fourth-order valence-electron chi connectivity index (χ4n) is 1.59. The van der Waals surface area contributed by atoms with Gasteiger partial charge < -0.3 is 5.11 Å². The molecule has 0 aromatic carbocycles. The maximum Gasteiger partial charge on any atom is 0.304 e. The molecule has 0 aliphatic rings. The Hall–Kier alpha value is -1.52. The summed E-state index contributed by atoms with van der Waals surface area (Å²) in [6.45, 7) is 3.89. The summed E-state index contributed by atoms with van der Waals surface area (Å²) in [6.07, 6.45) is 0.0393. The van der Waals surface area contributed by atoms with Crippen LogP contribution in [0.1, 0.15) is 31.9 Å². The summed E-state index contributed by atoms with van der Waals surface area (Å²) in [7, 11) is 1.62. The molecule has 0 saturated carbocycles. The molecule has 0 radical (unpaired) electrons. The number of aryl methyl sites for hydroxylation is 1. The Labute approximate surface area is 87.7 Å². The highest BCUT2D eigenvalue weighted by atomic mass is 16.4. The third-order valence-corrected chi connectivity index (χ3v) is 2.51. The number of hydrogen-bond acceptors (Lipinski definition) is 2. The van der Waals surface area contributed by atoms with E-state index < -0.39 is 5.97 Å². The van der Waals surface area contributed by atoms with Gasteiger partial charge in [-0.3, -0.25) is 19.4 Å². The van der Waals surface area contributed by atoms with Crippen molar-refractivity contribution in [2.24, 2.45) is 13.0 Å². The third-order valence-electron chi connectivity index (χ3n) is 2.51. The summed E-state index contributed by atoms with van der Waals surface area (Å²) < 4.78 is 1.35. The van der Waals surface area contributed by atoms with Gasteiger partial charge in [0, 0.05) is 24.7 Å². The lowest BCUT2D eigenvalue weighted by Crippen LogP contribution is -2.13. The van der Waals surface area contributed by atoms with Crippen LogP contribution in [0.4, 0.5) is 0 Å². The first-order valence-corrected chi connectivity index (χ1v) is 4.89. The molecule has 0 fully saturated rings. The molecule has 1 rings (SSSR count). The van der Waals surface area contributed by atoms with Crippen molar-refractivity contribution < 1.29 is 9.90 Å². The van der Waals surface area contributed by atoms with Gasteiger partial charge in [0.2, 0.25) is 0 Å². The van der Waals surface area contributed by atoms with Gasteiger partial charge >= 0.3 is 5.97 Å². The second-order valence-corrected chi connectivity index (χ2v) is 4.06. The Morgan fingerprint density at radius 3 is 2.53 bits per heavy atom. The van der Waals surface area contributed by atoms with Gasteiger partial charge in [-0.25, -0.2) is 0 Å². The second-order valence-electron chi connectivity index (χ2n) is 4.06. The molecule has 1 aromatic rings. The summed E-state index contributed by atoms with van der Waals surface area (Å²) in [6, 6.07) is 1.47. The van der Waals surface area contributed by atoms with E-state index in [-0.39, 0.29) is 23.8 Å². The highest BCUT2D eigenvalue weighted by Crippen LogP contribution is 2.25. The van der Waals surface area contributed by atoms with Gasteiger partial charge in [-0.1, -0.05) is 13.8 Å². The Kier molecular flexibility index (Phi) is 3.34. The van der Waals surface area contributed by atoms with Crippen LogP contribution in [0.5, 0.6) is 0 Å². The molecule has 0 amide bonds. The number of aromatic nitrogens is 2. The number of rotatable bonds is 4. The average molecular weight is 212 g/mol. The number of nitrogens with zero attached hydrogens (tertiary/aromatic N) is 1. The van der Waals surface area contributed by atoms with Gasteiger partial charge in [-0.15, -0.1) is 0 Å². The first kappa shape index (κ1) is 11.6. The minimum absolute atomic E-state index is 0.0393. The molecule has 1 heterocycles. The lowest BCUT2D eigenvalue weighted by molar-refractivity contribution is -0.137. The summed E-state index contributed by atoms with van der Waals surface area (Å²) in [4.78, 5) is 21.9. The van der Waals surface area contributed by atoms with Crippen molar-refractivity contribution >= 4 is 5.97 Å². The van der Waals surface area contributed by atoms with Gasteiger partial charge in [-0.2, -0.15) is 0 Å². The number of H-pyrrole nitrogens is 1. The van der Waals surface area contributed by atoms with Gasteiger partial charge in [-0.05, 0) is 5.92 Å². The van der Waals surface area contributed by atoms with Crippen LogP contribution in [0.15, 0.2) is 10.9 Å². The number of carboxylic acid groups (broad SMARTS) is 1. The number of carbonyl (C=O) groups is 1. The van der Waals surface area contributed by atoms with E-state index in [4.69, 9.17) is 5.11 Å². The van der Waals surface area contributed by atoms with Crippen molar-refractivity contribution in [3.8, 4) is 0 Å². The zero-order chi connectivity index (χ0) is 11.6. The summed E-state index contributed by atoms with van der Waals surface area (Å²) in [5, 5.41) is 11.6. The molecule has 1 unspecified atom stereocenters. The summed E-state index contributed by atoms with van der Waals surface area (Å²) in [5.41, 5.74) is 0.556. The van der Waals surface area contributed by atoms with Crippen molar-refractivity contribution in [1.82, 2.24) is 9.78 Å². The summed E-state index contributed by atoms with van der Waals surface area (Å²) >= 11 is 0. The minimum Gasteiger partial charge on any atom is -0.481 e. The molecule has 0 aliphatic heterocycles. The van der Waals surface area contributed by atoms with Gasteiger partial charge in [0.25, 0.3) is 5.56 Å². The first-order valence-electron chi connectivity index (χ1n) is 4.89. The van der Waals surface area contributed by atoms with Crippen LogP contribution in [0.3, 0.4) is 0 Å². The van der Waals surface area contributed by atoms with E-state index in [0.29, 0.717) is 5.69 Å². The Balaban J connectivity index is 2.99. The van der Waals surface area contributed by atoms with E-state index in [2.05, 4.69) is 5.10 Å². The lowest BCUT2D eigenvalue weighted by Gasteiger charge is -2.16. The molecule has 84 valence electrons. The van der Waals surface area contributed by atoms with Gasteiger partial charge in [0.05, 0.1) is 6.42 Å². The highest BCUT2D eigenvalue weighted by Gasteiger charge is 2.21. The van der Waals surface area contributed by atoms with Crippen LogP contribution < -0.4 is 5.56 Å². The van der Waals surface area contributed by atoms with Crippen molar-refractivity contribution in [3.63, 3.8) is 0 Å². The fraction of sp³-hybridized carbons (Fsp3) is 0.600. The number of carboxylic acids is 1. The molecule has 1 atom stereocenters. The Morgan fingerprint density at radius 1 is 1.60 bits per heavy atom. The molecule has 15 heavy (non-hydrogen) atoms. The standard InChI is InChI=1S/C10H16N2O3/c1-6(2)7(4-10(14)15)8-5-9(13)12(3)11-8/h5-7,11H,4H2,1-3H3,(H,14,15). The van der Waals surface area contributed by atoms with E-state index in [1.165, 1.54) is 10.7 Å². The van der Waals surface area contributed by atoms with Crippen molar-refractivity contribution in [2.45, 2.75) is 26.2 Å². The number of aromatic amines is 1. The molecule has 0 bridgehead atoms. The van der Waals surface area contributed by atoms with Crippen LogP contribution >= 0.6 is 0 Å². The molecule has 5 heteroatoms. The Morgan fingerprint density at radius 2 is 2.20 bits per heavy atom. The van der Waals surface area contributed by atoms with E-state index in [0.717, 1.165) is 0 Å². The fourth-order valence-corrected chi connectivity index (χ4v) is 1.59. The molecule has 0 aliphatic carbocycles. The van der Waals surface area contributed by atoms with Crippen LogP contribution in [0.2, 0.25) is 0 Å². The maximum atomic E-state index is 11.2. The van der Waals surface area contributed by atoms with Gasteiger partial charge in [0.15, 0.2) is 0 Å². The topological polar surface area (TPSA) is 75.1 Å². The second kappa shape index (κ2) is 4.33. The molecule has 1 aromatic heterocycles. The van der Waals surface area contributed by atoms with Crippen LogP contribution in [0, 0.1) is 5.92 Å². The SMILES string of the molecule is CC(C)C(CC(=O)O)c1cc(=O)n(C)[nH]1. The van der Waals surface area contributed by atoms with Crippen LogP contribution in [0.25, 0.3) is 0 Å². The number of aliphatic carboxylic acids is 1. The average Bonchev–Trinajstić information content (AvgIpc) is 2.42. The highest BCUT2D eigenvalue weighted by molar-refractivity contribution is 5.67. The zero-order valence-corrected chi connectivity index (χ0v) is 9.15. The van der Waals surface area contributed by atoms with Crippen LogP contribution in [-0.2, 0) is 11.8 Å². The minimum atomic E-state index is -0.849. The summed E-state index contributed by atoms with van der Waals surface area (Å²) in [5.74, 6) is -0.811. The van der Waals surface area contributed by atoms with Gasteiger partial charge in [0.1, 0.15) is 0 Å². The predicted molar refractivity (Wildman–Crippen MR) is 55.9 cm³/mol. The quantitative estimate of drug-likeness (QED) is 0.779. The van der Waals surface area contributed by atoms with E-state index in [9.17, 15) is 9.59 Å². The van der Waals surface area contributed by atoms with Crippen molar-refractivity contribution in [1.29, 1.82) is 0 Å². The monoisotopic (exact) mass is 212 g/mol. The van der Waals surface area contributed by atoms with Crippen molar-refractivity contribution in [3.05, 3.63) is 22.1 Å². The predicted octanol–water partition coefficient (Wildman–Crippen LogP) is 0.928. The van der Waals surface area contributed by atoms with E-state index >= 15 is 0 Å². The molecule has 2 N–H and O–H groups in total. The molecular formula is C10H16N2O3. The molecule has 5 nitrogen and oxygen atoms in total. The van der Waals surface area contributed by atoms with E-state index in [1.807, 2.05) is 13.8 Å². The number of nitrogens with one attached hydrogen (secondary N) is 1. The Bertz CT molecular complexity index is 403. The first-order chi connectivity index (χ1) is 6.91. The molecular weight excluding hydrogens is 196 g/mol. The zero-order valence-electron chi connectivity index (χ0n) is 9.15. The molecule has 0 saturated heterocycles. The van der Waals surface area contributed by atoms with Crippen molar-refractivity contribution in [2.75, 3.05) is 0 Å². The van der Waals surface area contributed by atoms with Crippen LogP contribution in [-0.4, -0.2) is 20.9 Å². The third kappa shape index (κ3) is 2.71. The number of hydrogen-bond donors (Lipinski definition) is 2. The smallest absolute Gasteiger partial charge is 0.304 e. The maximum absolute atomic E-state index is 11.2. The molecule has 0 spiro atoms. The lowest BCUT2D eigenvalue weighted by atomic mass is 9.90. The largest absolute Gasteiger partial charge is 0.481 e.